The molecular weight excluding hydrogens is 337 g/mol. The number of aromatic nitrogens is 2. The number of nitrogens with one attached hydrogen (secondary N) is 2. The molecule has 0 saturated heterocycles. The standard InChI is InChI=1S/C23H28FN3/c1-2-3-4-8-15-21(25-16-19-13-9-10-14-20(19)24)23-26-17-22(27-23)18-11-6-5-7-12-18/h5-7,9-14,17,21,25H,2-4,8,15-16H2,1H3,(H,26,27). The predicted molar refractivity (Wildman–Crippen MR) is 109 cm³/mol. The number of aromatic amines is 1. The van der Waals surface area contributed by atoms with Crippen LogP contribution in [0.4, 0.5) is 4.39 Å². The van der Waals surface area contributed by atoms with Crippen molar-refractivity contribution in [1.29, 1.82) is 0 Å². The molecule has 2 N–H and O–H groups in total. The minimum Gasteiger partial charge on any atom is -0.347 e. The van der Waals surface area contributed by atoms with Gasteiger partial charge < -0.3 is 10.3 Å². The van der Waals surface area contributed by atoms with Crippen molar-refractivity contribution < 1.29 is 4.39 Å². The molecule has 3 aromatic rings. The Morgan fingerprint density at radius 1 is 1.00 bits per heavy atom. The van der Waals surface area contributed by atoms with Gasteiger partial charge in [-0.25, -0.2) is 9.37 Å². The minimum absolute atomic E-state index is 0.0823. The minimum atomic E-state index is -0.167. The SMILES string of the molecule is CCCCCCC(NCc1ccccc1F)c1nc(-c2ccccc2)c[nH]1. The molecule has 3 rings (SSSR count). The van der Waals surface area contributed by atoms with E-state index in [9.17, 15) is 4.39 Å². The first kappa shape index (κ1) is 19.3. The molecule has 0 aliphatic carbocycles. The Bertz CT molecular complexity index is 813. The van der Waals surface area contributed by atoms with Crippen molar-refractivity contribution in [3.05, 3.63) is 78.0 Å². The molecule has 1 unspecified atom stereocenters. The van der Waals surface area contributed by atoms with Crippen LogP contribution in [0.25, 0.3) is 11.3 Å². The highest BCUT2D eigenvalue weighted by atomic mass is 19.1. The second-order valence-electron chi connectivity index (χ2n) is 6.91. The van der Waals surface area contributed by atoms with E-state index in [-0.39, 0.29) is 11.9 Å². The van der Waals surface area contributed by atoms with Crippen molar-refractivity contribution in [2.24, 2.45) is 0 Å². The fourth-order valence-electron chi connectivity index (χ4n) is 3.26. The summed E-state index contributed by atoms with van der Waals surface area (Å²) in [5, 5.41) is 3.50. The lowest BCUT2D eigenvalue weighted by molar-refractivity contribution is 0.447. The maximum Gasteiger partial charge on any atom is 0.127 e. The fraction of sp³-hybridized carbons (Fsp3) is 0.348. The first-order valence-electron chi connectivity index (χ1n) is 9.85. The van der Waals surface area contributed by atoms with Crippen LogP contribution < -0.4 is 5.32 Å². The second kappa shape index (κ2) is 10.0. The van der Waals surface area contributed by atoms with Gasteiger partial charge in [0.05, 0.1) is 11.7 Å². The molecule has 0 amide bonds. The Morgan fingerprint density at radius 3 is 2.56 bits per heavy atom. The average Bonchev–Trinajstić information content (AvgIpc) is 3.19. The van der Waals surface area contributed by atoms with Gasteiger partial charge in [-0.2, -0.15) is 0 Å². The summed E-state index contributed by atoms with van der Waals surface area (Å²) in [6.45, 7) is 2.71. The van der Waals surface area contributed by atoms with Crippen LogP contribution in [0.3, 0.4) is 0 Å². The second-order valence-corrected chi connectivity index (χ2v) is 6.91. The van der Waals surface area contributed by atoms with Crippen molar-refractivity contribution in [3.63, 3.8) is 0 Å². The summed E-state index contributed by atoms with van der Waals surface area (Å²) in [6, 6.07) is 17.2. The molecule has 1 atom stereocenters. The number of H-pyrrole nitrogens is 1. The predicted octanol–water partition coefficient (Wildman–Crippen LogP) is 6.02. The van der Waals surface area contributed by atoms with Crippen molar-refractivity contribution in [1.82, 2.24) is 15.3 Å². The number of benzene rings is 2. The van der Waals surface area contributed by atoms with Crippen molar-refractivity contribution in [3.8, 4) is 11.3 Å². The zero-order valence-corrected chi connectivity index (χ0v) is 15.9. The number of nitrogens with zero attached hydrogens (tertiary/aromatic N) is 1. The Balaban J connectivity index is 1.71. The summed E-state index contributed by atoms with van der Waals surface area (Å²) in [5.41, 5.74) is 2.72. The van der Waals surface area contributed by atoms with Gasteiger partial charge in [0, 0.05) is 23.9 Å². The van der Waals surface area contributed by atoms with Crippen molar-refractivity contribution in [2.75, 3.05) is 0 Å². The first-order valence-corrected chi connectivity index (χ1v) is 9.85. The fourth-order valence-corrected chi connectivity index (χ4v) is 3.26. The lowest BCUT2D eigenvalue weighted by Gasteiger charge is -2.17. The van der Waals surface area contributed by atoms with Crippen LogP contribution in [0.5, 0.6) is 0 Å². The molecule has 0 fully saturated rings. The smallest absolute Gasteiger partial charge is 0.127 e. The molecule has 0 saturated carbocycles. The van der Waals surface area contributed by atoms with Gasteiger partial charge in [0.2, 0.25) is 0 Å². The zero-order chi connectivity index (χ0) is 18.9. The summed E-state index contributed by atoms with van der Waals surface area (Å²) in [7, 11) is 0. The highest BCUT2D eigenvalue weighted by Crippen LogP contribution is 2.23. The molecule has 1 aromatic heterocycles. The summed E-state index contributed by atoms with van der Waals surface area (Å²) >= 11 is 0. The van der Waals surface area contributed by atoms with Gasteiger partial charge in [0.15, 0.2) is 0 Å². The van der Waals surface area contributed by atoms with Gasteiger partial charge in [-0.1, -0.05) is 81.1 Å². The zero-order valence-electron chi connectivity index (χ0n) is 15.9. The Morgan fingerprint density at radius 2 is 1.78 bits per heavy atom. The lowest BCUT2D eigenvalue weighted by atomic mass is 10.1. The summed E-state index contributed by atoms with van der Waals surface area (Å²) in [6.07, 6.45) is 7.73. The molecule has 0 radical (unpaired) electrons. The van der Waals surface area contributed by atoms with Gasteiger partial charge in [-0.15, -0.1) is 0 Å². The number of hydrogen-bond donors (Lipinski definition) is 2. The van der Waals surface area contributed by atoms with E-state index < -0.39 is 0 Å². The monoisotopic (exact) mass is 365 g/mol. The largest absolute Gasteiger partial charge is 0.347 e. The Hall–Kier alpha value is -2.46. The maximum absolute atomic E-state index is 14.0. The molecule has 4 heteroatoms. The highest BCUT2D eigenvalue weighted by molar-refractivity contribution is 5.58. The Kier molecular flexibility index (Phi) is 7.17. The lowest BCUT2D eigenvalue weighted by Crippen LogP contribution is -2.22. The summed E-state index contributed by atoms with van der Waals surface area (Å²) < 4.78 is 14.0. The first-order chi connectivity index (χ1) is 13.3. The van der Waals surface area contributed by atoms with E-state index in [0.717, 1.165) is 29.9 Å². The van der Waals surface area contributed by atoms with E-state index in [0.29, 0.717) is 12.1 Å². The van der Waals surface area contributed by atoms with Crippen LogP contribution in [-0.2, 0) is 6.54 Å². The van der Waals surface area contributed by atoms with E-state index in [1.807, 2.05) is 36.5 Å². The highest BCUT2D eigenvalue weighted by Gasteiger charge is 2.16. The van der Waals surface area contributed by atoms with Crippen LogP contribution in [0.15, 0.2) is 60.8 Å². The molecule has 0 aliphatic heterocycles. The van der Waals surface area contributed by atoms with E-state index in [1.54, 1.807) is 6.07 Å². The maximum atomic E-state index is 14.0. The average molecular weight is 365 g/mol. The van der Waals surface area contributed by atoms with Crippen LogP contribution in [0.1, 0.15) is 56.5 Å². The number of halogens is 1. The quantitative estimate of drug-likeness (QED) is 0.432. The number of rotatable bonds is 10. The van der Waals surface area contributed by atoms with Crippen molar-refractivity contribution in [2.45, 2.75) is 51.6 Å². The Labute approximate surface area is 161 Å². The van der Waals surface area contributed by atoms with Crippen LogP contribution in [0, 0.1) is 5.82 Å². The van der Waals surface area contributed by atoms with Gasteiger partial charge in [0.1, 0.15) is 11.6 Å². The topological polar surface area (TPSA) is 40.7 Å². The van der Waals surface area contributed by atoms with Gasteiger partial charge >= 0.3 is 0 Å². The summed E-state index contributed by atoms with van der Waals surface area (Å²) in [5.74, 6) is 0.751. The molecule has 0 spiro atoms. The molecule has 1 heterocycles. The molecule has 27 heavy (non-hydrogen) atoms. The van der Waals surface area contributed by atoms with Crippen LogP contribution >= 0.6 is 0 Å². The van der Waals surface area contributed by atoms with E-state index in [2.05, 4.69) is 29.4 Å². The number of unbranched alkanes of at least 4 members (excludes halogenated alkanes) is 3. The third-order valence-corrected chi connectivity index (χ3v) is 4.84. The van der Waals surface area contributed by atoms with Gasteiger partial charge in [0.25, 0.3) is 0 Å². The van der Waals surface area contributed by atoms with Crippen LogP contribution in [-0.4, -0.2) is 9.97 Å². The van der Waals surface area contributed by atoms with Crippen molar-refractivity contribution >= 4 is 0 Å². The van der Waals surface area contributed by atoms with E-state index in [4.69, 9.17) is 4.98 Å². The molecule has 2 aromatic carbocycles. The third-order valence-electron chi connectivity index (χ3n) is 4.84. The normalized spacial score (nSPS) is 12.2. The summed E-state index contributed by atoms with van der Waals surface area (Å²) in [4.78, 5) is 8.13. The number of imidazole rings is 1. The van der Waals surface area contributed by atoms with E-state index in [1.165, 1.54) is 25.3 Å². The number of hydrogen-bond acceptors (Lipinski definition) is 2. The molecule has 0 bridgehead atoms. The van der Waals surface area contributed by atoms with Crippen LogP contribution in [0.2, 0.25) is 0 Å². The van der Waals surface area contributed by atoms with Gasteiger partial charge in [-0.3, -0.25) is 0 Å². The van der Waals surface area contributed by atoms with Gasteiger partial charge in [-0.05, 0) is 12.5 Å². The third kappa shape index (κ3) is 5.51. The molecular formula is C23H28FN3. The van der Waals surface area contributed by atoms with E-state index >= 15 is 0 Å². The molecule has 142 valence electrons. The molecule has 0 aliphatic rings. The molecule has 3 nitrogen and oxygen atoms in total.